The van der Waals surface area contributed by atoms with Crippen LogP contribution in [0.2, 0.25) is 6.04 Å². The number of hydrogen-bond donors (Lipinski definition) is 2. The van der Waals surface area contributed by atoms with E-state index in [4.69, 9.17) is 28.8 Å². The third kappa shape index (κ3) is 12.3. The number of hydrogen-bond acceptors (Lipinski definition) is 7. The molecule has 2 N–H and O–H groups in total. The summed E-state index contributed by atoms with van der Waals surface area (Å²) < 4.78 is 20.6. The van der Waals surface area contributed by atoms with E-state index in [9.17, 15) is 4.79 Å². The van der Waals surface area contributed by atoms with Crippen LogP contribution in [0.25, 0.3) is 0 Å². The molecule has 0 aromatic heterocycles. The predicted molar refractivity (Wildman–Crippen MR) is 74.7 cm³/mol. The summed E-state index contributed by atoms with van der Waals surface area (Å²) in [5.41, 5.74) is 0. The van der Waals surface area contributed by atoms with E-state index in [0.29, 0.717) is 6.61 Å². The van der Waals surface area contributed by atoms with E-state index in [1.165, 1.54) is 6.08 Å². The molecule has 0 spiro atoms. The Morgan fingerprint density at radius 1 is 1.20 bits per heavy atom. The third-order valence-corrected chi connectivity index (χ3v) is 3.33. The molecule has 0 atom stereocenters. The van der Waals surface area contributed by atoms with Gasteiger partial charge in [-0.15, -0.1) is 0 Å². The molecule has 0 aliphatic carbocycles. The third-order valence-electron chi connectivity index (χ3n) is 2.03. The lowest BCUT2D eigenvalue weighted by Crippen LogP contribution is -2.25. The first kappa shape index (κ1) is 19.2. The highest BCUT2D eigenvalue weighted by Gasteiger charge is 2.09. The molecular formula is C12H24O7Si. The van der Waals surface area contributed by atoms with E-state index in [1.807, 2.05) is 0 Å². The SMILES string of the molecule is CC=CC(=O)OCCC[SiH2]OC(OCCO)OCCO. The molecule has 0 rings (SSSR count). The van der Waals surface area contributed by atoms with Gasteiger partial charge in [0.15, 0.2) is 9.76 Å². The zero-order valence-electron chi connectivity index (χ0n) is 11.8. The molecule has 20 heavy (non-hydrogen) atoms. The van der Waals surface area contributed by atoms with Crippen molar-refractivity contribution in [3.05, 3.63) is 12.2 Å². The maximum absolute atomic E-state index is 11.0. The van der Waals surface area contributed by atoms with E-state index in [-0.39, 0.29) is 32.4 Å². The zero-order valence-corrected chi connectivity index (χ0v) is 13.2. The second-order valence-electron chi connectivity index (χ2n) is 3.72. The van der Waals surface area contributed by atoms with Crippen molar-refractivity contribution in [2.45, 2.75) is 25.9 Å². The molecule has 0 aromatic rings. The van der Waals surface area contributed by atoms with Gasteiger partial charge in [0.2, 0.25) is 0 Å². The van der Waals surface area contributed by atoms with Crippen LogP contribution in [0.4, 0.5) is 0 Å². The molecule has 0 radical (unpaired) electrons. The van der Waals surface area contributed by atoms with Gasteiger partial charge in [0.1, 0.15) is 0 Å². The molecule has 0 saturated carbocycles. The van der Waals surface area contributed by atoms with Crippen molar-refractivity contribution in [3.8, 4) is 0 Å². The van der Waals surface area contributed by atoms with Gasteiger partial charge in [-0.1, -0.05) is 6.08 Å². The minimum atomic E-state index is -0.871. The highest BCUT2D eigenvalue weighted by Crippen LogP contribution is 2.00. The fourth-order valence-electron chi connectivity index (χ4n) is 1.18. The number of esters is 1. The van der Waals surface area contributed by atoms with Crippen LogP contribution in [0.15, 0.2) is 12.2 Å². The second kappa shape index (κ2) is 14.6. The molecule has 8 heteroatoms. The number of rotatable bonds is 13. The Bertz CT molecular complexity index is 252. The first-order valence-corrected chi connectivity index (χ1v) is 8.18. The Balaban J connectivity index is 3.58. The van der Waals surface area contributed by atoms with Crippen LogP contribution in [-0.4, -0.2) is 65.5 Å². The molecule has 0 aliphatic rings. The fraction of sp³-hybridized carbons (Fsp3) is 0.750. The zero-order chi connectivity index (χ0) is 15.1. The van der Waals surface area contributed by atoms with Crippen molar-refractivity contribution < 1.29 is 33.6 Å². The molecule has 0 unspecified atom stereocenters. The molecule has 0 amide bonds. The van der Waals surface area contributed by atoms with Gasteiger partial charge >= 0.3 is 5.97 Å². The Labute approximate surface area is 121 Å². The first-order chi connectivity index (χ1) is 9.74. The van der Waals surface area contributed by atoms with Crippen LogP contribution in [-0.2, 0) is 23.4 Å². The van der Waals surface area contributed by atoms with Crippen molar-refractivity contribution in [1.29, 1.82) is 0 Å². The lowest BCUT2D eigenvalue weighted by atomic mass is 10.5. The van der Waals surface area contributed by atoms with Crippen molar-refractivity contribution >= 4 is 15.7 Å². The molecule has 0 aromatic carbocycles. The van der Waals surface area contributed by atoms with Crippen molar-refractivity contribution in [2.75, 3.05) is 33.0 Å². The Morgan fingerprint density at radius 3 is 2.40 bits per heavy atom. The van der Waals surface area contributed by atoms with Crippen molar-refractivity contribution in [3.63, 3.8) is 0 Å². The van der Waals surface area contributed by atoms with Gasteiger partial charge in [-0.2, -0.15) is 0 Å². The lowest BCUT2D eigenvalue weighted by molar-refractivity contribution is -0.252. The Morgan fingerprint density at radius 2 is 1.85 bits per heavy atom. The van der Waals surface area contributed by atoms with Crippen LogP contribution in [0.3, 0.4) is 0 Å². The number of allylic oxidation sites excluding steroid dienone is 1. The standard InChI is InChI=1S/C12H24O7Si/c1-2-4-11(15)16-7-3-10-20-19-12(17-8-5-13)18-9-6-14/h2,4,12-14H,3,5-10,20H2,1H3. The highest BCUT2D eigenvalue weighted by atomic mass is 28.2. The minimum Gasteiger partial charge on any atom is -0.463 e. The first-order valence-electron chi connectivity index (χ1n) is 6.60. The summed E-state index contributed by atoms with van der Waals surface area (Å²) in [6.07, 6.45) is 3.72. The highest BCUT2D eigenvalue weighted by molar-refractivity contribution is 6.27. The van der Waals surface area contributed by atoms with Crippen LogP contribution >= 0.6 is 0 Å². The van der Waals surface area contributed by atoms with Gasteiger partial charge in [0, 0.05) is 6.08 Å². The Hall–Kier alpha value is -0.773. The number of carbonyl (C=O) groups is 1. The van der Waals surface area contributed by atoms with E-state index < -0.39 is 16.2 Å². The summed E-state index contributed by atoms with van der Waals surface area (Å²) in [6, 6.07) is 0.810. The quantitative estimate of drug-likeness (QED) is 0.153. The van der Waals surface area contributed by atoms with Gasteiger partial charge in [-0.25, -0.2) is 4.79 Å². The maximum Gasteiger partial charge on any atom is 0.330 e. The van der Waals surface area contributed by atoms with Crippen LogP contribution in [0.1, 0.15) is 13.3 Å². The fourth-order valence-corrected chi connectivity index (χ4v) is 2.14. The van der Waals surface area contributed by atoms with Gasteiger partial charge < -0.3 is 28.8 Å². The maximum atomic E-state index is 11.0. The largest absolute Gasteiger partial charge is 0.463 e. The lowest BCUT2D eigenvalue weighted by Gasteiger charge is -2.18. The average Bonchev–Trinajstić information content (AvgIpc) is 2.44. The number of aliphatic hydroxyl groups is 2. The number of carbonyl (C=O) groups excluding carboxylic acids is 1. The molecule has 0 fully saturated rings. The van der Waals surface area contributed by atoms with Gasteiger partial charge in [-0.3, -0.25) is 0 Å². The monoisotopic (exact) mass is 308 g/mol. The number of aliphatic hydroxyl groups excluding tert-OH is 2. The topological polar surface area (TPSA) is 94.5 Å². The molecule has 0 saturated heterocycles. The van der Waals surface area contributed by atoms with E-state index in [2.05, 4.69) is 0 Å². The summed E-state index contributed by atoms with van der Waals surface area (Å²) in [6.45, 7) is 1.26. The van der Waals surface area contributed by atoms with Crippen molar-refractivity contribution in [2.24, 2.45) is 0 Å². The molecular weight excluding hydrogens is 284 g/mol. The smallest absolute Gasteiger partial charge is 0.330 e. The summed E-state index contributed by atoms with van der Waals surface area (Å²) in [5, 5.41) is 17.3. The Kier molecular flexibility index (Phi) is 14.1. The summed E-state index contributed by atoms with van der Waals surface area (Å²) in [7, 11) is -0.871. The normalized spacial score (nSPS) is 12.0. The summed E-state index contributed by atoms with van der Waals surface area (Å²) >= 11 is 0. The molecule has 0 aliphatic heterocycles. The van der Waals surface area contributed by atoms with Gasteiger partial charge in [0.25, 0.3) is 6.48 Å². The minimum absolute atomic E-state index is 0.117. The molecule has 118 valence electrons. The van der Waals surface area contributed by atoms with E-state index in [1.54, 1.807) is 13.0 Å². The average molecular weight is 308 g/mol. The van der Waals surface area contributed by atoms with E-state index in [0.717, 1.165) is 12.5 Å². The van der Waals surface area contributed by atoms with E-state index >= 15 is 0 Å². The molecule has 7 nitrogen and oxygen atoms in total. The van der Waals surface area contributed by atoms with Crippen molar-refractivity contribution in [1.82, 2.24) is 0 Å². The summed E-state index contributed by atoms with van der Waals surface area (Å²) in [4.78, 5) is 11.0. The van der Waals surface area contributed by atoms with Crippen LogP contribution in [0, 0.1) is 0 Å². The summed E-state index contributed by atoms with van der Waals surface area (Å²) in [5.74, 6) is -0.342. The predicted octanol–water partition coefficient (Wildman–Crippen LogP) is -0.684. The molecule has 0 heterocycles. The number of ether oxygens (including phenoxy) is 3. The second-order valence-corrected chi connectivity index (χ2v) is 5.17. The van der Waals surface area contributed by atoms with Crippen LogP contribution < -0.4 is 0 Å². The van der Waals surface area contributed by atoms with Crippen LogP contribution in [0.5, 0.6) is 0 Å². The van der Waals surface area contributed by atoms with Gasteiger partial charge in [-0.05, 0) is 19.4 Å². The molecule has 0 bridgehead atoms. The van der Waals surface area contributed by atoms with Gasteiger partial charge in [0.05, 0.1) is 33.0 Å².